The number of aliphatic hydroxyl groups excluding tert-OH is 1. The first-order chi connectivity index (χ1) is 16.6. The average Bonchev–Trinajstić information content (AvgIpc) is 3.08. The molecule has 1 aromatic heterocycles. The molecule has 0 spiro atoms. The molecule has 0 aliphatic carbocycles. The fourth-order valence-corrected chi connectivity index (χ4v) is 6.14. The second-order valence-electron chi connectivity index (χ2n) is 9.35. The molecule has 0 radical (unpaired) electrons. The molecule has 2 saturated heterocycles. The molecule has 2 fully saturated rings. The Morgan fingerprint density at radius 1 is 1.15 bits per heavy atom. The van der Waals surface area contributed by atoms with Crippen molar-refractivity contribution in [2.75, 3.05) is 46.6 Å². The second-order valence-corrected chi connectivity index (χ2v) is 9.35. The van der Waals surface area contributed by atoms with Crippen LogP contribution in [0.3, 0.4) is 0 Å². The molecule has 8 nitrogen and oxygen atoms in total. The molecule has 5 rings (SSSR count). The topological polar surface area (TPSA) is 84.2 Å². The van der Waals surface area contributed by atoms with Gasteiger partial charge in [0, 0.05) is 49.5 Å². The fraction of sp³-hybridized carbons (Fsp3) is 0.538. The van der Waals surface area contributed by atoms with Crippen LogP contribution in [0.15, 0.2) is 41.2 Å². The van der Waals surface area contributed by atoms with Crippen LogP contribution < -0.4 is 10.3 Å². The van der Waals surface area contributed by atoms with Crippen molar-refractivity contribution in [2.24, 2.45) is 11.8 Å². The molecule has 4 atom stereocenters. The average molecular weight is 468 g/mol. The molecule has 1 N–H and O–H groups in total. The minimum absolute atomic E-state index is 0.0608. The van der Waals surface area contributed by atoms with Crippen molar-refractivity contribution in [3.8, 4) is 16.9 Å². The van der Waals surface area contributed by atoms with Gasteiger partial charge in [0.1, 0.15) is 5.75 Å². The van der Waals surface area contributed by atoms with E-state index in [9.17, 15) is 14.7 Å². The van der Waals surface area contributed by atoms with Gasteiger partial charge in [0.15, 0.2) is 0 Å². The Labute approximate surface area is 199 Å². The Kier molecular flexibility index (Phi) is 6.46. The van der Waals surface area contributed by atoms with Crippen molar-refractivity contribution in [1.82, 2.24) is 14.4 Å². The first-order valence-corrected chi connectivity index (χ1v) is 12.2. The van der Waals surface area contributed by atoms with Crippen LogP contribution in [-0.2, 0) is 16.1 Å². The number of ether oxygens (including phenoxy) is 2. The van der Waals surface area contributed by atoms with Crippen LogP contribution in [0.1, 0.15) is 25.1 Å². The van der Waals surface area contributed by atoms with Crippen LogP contribution in [0.4, 0.5) is 0 Å². The zero-order chi connectivity index (χ0) is 23.8. The number of para-hydroxylation sites is 1. The lowest BCUT2D eigenvalue weighted by Gasteiger charge is -2.38. The van der Waals surface area contributed by atoms with Gasteiger partial charge in [-0.25, -0.2) is 0 Å². The van der Waals surface area contributed by atoms with Crippen LogP contribution in [0.5, 0.6) is 5.75 Å². The number of hydrogen-bond acceptors (Lipinski definition) is 6. The van der Waals surface area contributed by atoms with Gasteiger partial charge in [0.25, 0.3) is 5.56 Å². The zero-order valence-electron chi connectivity index (χ0n) is 19.9. The van der Waals surface area contributed by atoms with Crippen LogP contribution in [0, 0.1) is 11.8 Å². The van der Waals surface area contributed by atoms with Gasteiger partial charge in [0.05, 0.1) is 37.8 Å². The Hall–Kier alpha value is -2.68. The highest BCUT2D eigenvalue weighted by Crippen LogP contribution is 2.49. The van der Waals surface area contributed by atoms with E-state index in [4.69, 9.17) is 9.47 Å². The van der Waals surface area contributed by atoms with E-state index in [0.717, 1.165) is 24.2 Å². The van der Waals surface area contributed by atoms with Crippen molar-refractivity contribution < 1.29 is 19.4 Å². The SMILES string of the molecule is CCCN1[C@@H]2c3ccc(-c4ccccc4OC)c(=O)n3C[C@H]1[C@H](CO)[C@H]2C(=O)N1CCOCC1. The predicted octanol–water partition coefficient (Wildman–Crippen LogP) is 1.76. The monoisotopic (exact) mass is 467 g/mol. The van der Waals surface area contributed by atoms with Gasteiger partial charge in [-0.2, -0.15) is 0 Å². The Bertz CT molecular complexity index is 1110. The van der Waals surface area contributed by atoms with Crippen LogP contribution in [-0.4, -0.2) is 78.0 Å². The summed E-state index contributed by atoms with van der Waals surface area (Å²) in [5.74, 6) is 0.108. The molecular weight excluding hydrogens is 434 g/mol. The van der Waals surface area contributed by atoms with Crippen molar-refractivity contribution >= 4 is 5.91 Å². The first kappa shape index (κ1) is 23.1. The number of pyridine rings is 1. The second kappa shape index (κ2) is 9.52. The molecule has 3 aliphatic heterocycles. The van der Waals surface area contributed by atoms with Gasteiger partial charge >= 0.3 is 0 Å². The fourth-order valence-electron chi connectivity index (χ4n) is 6.14. The number of fused-ring (bicyclic) bond motifs is 4. The van der Waals surface area contributed by atoms with E-state index in [1.54, 1.807) is 7.11 Å². The maximum atomic E-state index is 13.8. The molecule has 0 saturated carbocycles. The number of amides is 1. The third-order valence-corrected chi connectivity index (χ3v) is 7.66. The molecule has 1 aromatic carbocycles. The van der Waals surface area contributed by atoms with E-state index in [1.165, 1.54) is 0 Å². The van der Waals surface area contributed by atoms with E-state index < -0.39 is 0 Å². The highest BCUT2D eigenvalue weighted by atomic mass is 16.5. The normalized spacial score (nSPS) is 26.4. The van der Waals surface area contributed by atoms with Crippen LogP contribution in [0.25, 0.3) is 11.1 Å². The molecule has 182 valence electrons. The van der Waals surface area contributed by atoms with Crippen molar-refractivity contribution in [2.45, 2.75) is 32.0 Å². The number of aliphatic hydroxyl groups is 1. The predicted molar refractivity (Wildman–Crippen MR) is 128 cm³/mol. The lowest BCUT2D eigenvalue weighted by Crippen LogP contribution is -2.47. The number of aromatic nitrogens is 1. The molecule has 2 aromatic rings. The summed E-state index contributed by atoms with van der Waals surface area (Å²) in [6.45, 7) is 5.53. The Balaban J connectivity index is 1.61. The zero-order valence-corrected chi connectivity index (χ0v) is 19.9. The summed E-state index contributed by atoms with van der Waals surface area (Å²) in [6.07, 6.45) is 0.938. The maximum Gasteiger partial charge on any atom is 0.258 e. The number of rotatable bonds is 6. The summed E-state index contributed by atoms with van der Waals surface area (Å²) in [4.78, 5) is 31.7. The lowest BCUT2D eigenvalue weighted by atomic mass is 9.86. The van der Waals surface area contributed by atoms with Gasteiger partial charge in [0.2, 0.25) is 5.91 Å². The van der Waals surface area contributed by atoms with Crippen LogP contribution in [0.2, 0.25) is 0 Å². The van der Waals surface area contributed by atoms with Gasteiger partial charge in [-0.3, -0.25) is 14.5 Å². The first-order valence-electron chi connectivity index (χ1n) is 12.2. The number of nitrogens with zero attached hydrogens (tertiary/aromatic N) is 3. The lowest BCUT2D eigenvalue weighted by molar-refractivity contribution is -0.142. The summed E-state index contributed by atoms with van der Waals surface area (Å²) in [7, 11) is 1.60. The molecule has 2 bridgehead atoms. The van der Waals surface area contributed by atoms with E-state index >= 15 is 0 Å². The smallest absolute Gasteiger partial charge is 0.258 e. The highest BCUT2D eigenvalue weighted by Gasteiger charge is 2.56. The minimum atomic E-state index is -0.384. The molecule has 1 amide bonds. The summed E-state index contributed by atoms with van der Waals surface area (Å²) >= 11 is 0. The molecule has 3 aliphatic rings. The molecule has 4 heterocycles. The van der Waals surface area contributed by atoms with E-state index in [2.05, 4.69) is 11.8 Å². The number of methoxy groups -OCH3 is 1. The summed E-state index contributed by atoms with van der Waals surface area (Å²) in [5, 5.41) is 10.4. The molecule has 34 heavy (non-hydrogen) atoms. The number of hydrogen-bond donors (Lipinski definition) is 1. The molecule has 8 heteroatoms. The number of carbonyl (C=O) groups is 1. The largest absolute Gasteiger partial charge is 0.496 e. The standard InChI is InChI=1S/C26H33N3O5/c1-3-10-28-21-15-29-20(9-8-18(25(29)31)17-6-4-5-7-22(17)33-2)24(28)23(19(21)16-30)26(32)27-11-13-34-14-12-27/h4-9,19,21,23-24,30H,3,10-16H2,1-2H3/t19-,21-,23+,24+/m0/s1. The third kappa shape index (κ3) is 3.65. The number of benzene rings is 1. The van der Waals surface area contributed by atoms with E-state index in [0.29, 0.717) is 44.2 Å². The van der Waals surface area contributed by atoms with Crippen molar-refractivity contribution in [3.63, 3.8) is 0 Å². The minimum Gasteiger partial charge on any atom is -0.496 e. The highest BCUT2D eigenvalue weighted by molar-refractivity contribution is 5.81. The van der Waals surface area contributed by atoms with Crippen molar-refractivity contribution in [3.05, 3.63) is 52.4 Å². The quantitative estimate of drug-likeness (QED) is 0.697. The van der Waals surface area contributed by atoms with Crippen LogP contribution >= 0.6 is 0 Å². The van der Waals surface area contributed by atoms with Gasteiger partial charge < -0.3 is 24.0 Å². The van der Waals surface area contributed by atoms with Gasteiger partial charge in [-0.15, -0.1) is 0 Å². The maximum absolute atomic E-state index is 13.8. The molecular formula is C26H33N3O5. The van der Waals surface area contributed by atoms with E-state index in [1.807, 2.05) is 45.9 Å². The summed E-state index contributed by atoms with van der Waals surface area (Å²) in [5.41, 5.74) is 2.12. The van der Waals surface area contributed by atoms with Gasteiger partial charge in [-0.05, 0) is 31.2 Å². The van der Waals surface area contributed by atoms with Crippen molar-refractivity contribution in [1.29, 1.82) is 0 Å². The van der Waals surface area contributed by atoms with E-state index in [-0.39, 0.29) is 42.0 Å². The summed E-state index contributed by atoms with van der Waals surface area (Å²) in [6, 6.07) is 11.1. The Morgan fingerprint density at radius 2 is 1.91 bits per heavy atom. The Morgan fingerprint density at radius 3 is 2.62 bits per heavy atom. The number of morpholine rings is 1. The third-order valence-electron chi connectivity index (χ3n) is 7.66. The summed E-state index contributed by atoms with van der Waals surface area (Å²) < 4.78 is 12.8. The molecule has 0 unspecified atom stereocenters. The number of carbonyl (C=O) groups excluding carboxylic acids is 1. The van der Waals surface area contributed by atoms with Gasteiger partial charge in [-0.1, -0.05) is 25.1 Å².